The van der Waals surface area contributed by atoms with E-state index in [-0.39, 0.29) is 6.42 Å². The van der Waals surface area contributed by atoms with Gasteiger partial charge in [0.25, 0.3) is 0 Å². The van der Waals surface area contributed by atoms with Crippen molar-refractivity contribution < 1.29 is 9.90 Å². The van der Waals surface area contributed by atoms with Gasteiger partial charge in [0.05, 0.1) is 6.42 Å². The summed E-state index contributed by atoms with van der Waals surface area (Å²) in [6.45, 7) is 5.44. The highest BCUT2D eigenvalue weighted by molar-refractivity contribution is 5.79. The van der Waals surface area contributed by atoms with E-state index in [2.05, 4.69) is 28.7 Å². The number of nitrogens with one attached hydrogen (secondary N) is 1. The third kappa shape index (κ3) is 3.32. The summed E-state index contributed by atoms with van der Waals surface area (Å²) in [6, 6.07) is 4.25. The molecule has 5 heteroatoms. The molecule has 2 rings (SSSR count). The molecule has 0 unspecified atom stereocenters. The van der Waals surface area contributed by atoms with Crippen molar-refractivity contribution in [3.8, 4) is 0 Å². The standard InChI is InChI=1S/C14H19N3O2/c1-10(2)17(7-5-13(18)19)9-11-8-16-14-12(11)4-3-6-15-14/h3-4,6,8,10H,5,7,9H2,1-2H3,(H,15,16)(H,18,19). The Morgan fingerprint density at radius 3 is 3.00 bits per heavy atom. The molecule has 0 aliphatic rings. The molecular formula is C14H19N3O2. The molecule has 19 heavy (non-hydrogen) atoms. The number of hydrogen-bond donors (Lipinski definition) is 2. The smallest absolute Gasteiger partial charge is 0.304 e. The number of carboxylic acid groups (broad SMARTS) is 1. The van der Waals surface area contributed by atoms with Gasteiger partial charge in [0, 0.05) is 36.9 Å². The van der Waals surface area contributed by atoms with Gasteiger partial charge in [-0.15, -0.1) is 0 Å². The first-order valence-electron chi connectivity index (χ1n) is 6.44. The fraction of sp³-hybridized carbons (Fsp3) is 0.429. The lowest BCUT2D eigenvalue weighted by Gasteiger charge is -2.25. The maximum absolute atomic E-state index is 10.7. The maximum atomic E-state index is 10.7. The fourth-order valence-corrected chi connectivity index (χ4v) is 2.12. The summed E-state index contributed by atoms with van der Waals surface area (Å²) < 4.78 is 0. The van der Waals surface area contributed by atoms with Crippen molar-refractivity contribution in [1.29, 1.82) is 0 Å². The number of pyridine rings is 1. The lowest BCUT2D eigenvalue weighted by atomic mass is 10.2. The summed E-state index contributed by atoms with van der Waals surface area (Å²) in [7, 11) is 0. The van der Waals surface area contributed by atoms with Crippen LogP contribution in [0, 0.1) is 0 Å². The van der Waals surface area contributed by atoms with Crippen molar-refractivity contribution >= 4 is 17.0 Å². The van der Waals surface area contributed by atoms with Crippen molar-refractivity contribution in [3.63, 3.8) is 0 Å². The van der Waals surface area contributed by atoms with Crippen molar-refractivity contribution in [1.82, 2.24) is 14.9 Å². The molecule has 2 N–H and O–H groups in total. The molecule has 0 atom stereocenters. The quantitative estimate of drug-likeness (QED) is 0.836. The molecule has 0 saturated carbocycles. The number of hydrogen-bond acceptors (Lipinski definition) is 3. The third-order valence-electron chi connectivity index (χ3n) is 3.25. The SMILES string of the molecule is CC(C)N(CCC(=O)O)Cc1c[nH]c2ncccc12. The van der Waals surface area contributed by atoms with Gasteiger partial charge in [-0.25, -0.2) is 4.98 Å². The van der Waals surface area contributed by atoms with Crippen molar-refractivity contribution in [2.75, 3.05) is 6.54 Å². The number of fused-ring (bicyclic) bond motifs is 1. The number of carboxylic acids is 1. The second-order valence-electron chi connectivity index (χ2n) is 4.92. The Hall–Kier alpha value is -1.88. The average molecular weight is 261 g/mol. The highest BCUT2D eigenvalue weighted by Crippen LogP contribution is 2.18. The number of H-pyrrole nitrogens is 1. The van der Waals surface area contributed by atoms with Gasteiger partial charge in [0.1, 0.15) is 5.65 Å². The van der Waals surface area contributed by atoms with Crippen LogP contribution in [-0.4, -0.2) is 38.5 Å². The summed E-state index contributed by atoms with van der Waals surface area (Å²) >= 11 is 0. The second kappa shape index (κ2) is 5.84. The van der Waals surface area contributed by atoms with Gasteiger partial charge in [0.2, 0.25) is 0 Å². The molecule has 2 aromatic heterocycles. The summed E-state index contributed by atoms with van der Waals surface area (Å²) in [5.74, 6) is -0.758. The number of aromatic amines is 1. The van der Waals surface area contributed by atoms with Crippen LogP contribution >= 0.6 is 0 Å². The van der Waals surface area contributed by atoms with Gasteiger partial charge in [-0.3, -0.25) is 9.69 Å². The van der Waals surface area contributed by atoms with Gasteiger partial charge >= 0.3 is 5.97 Å². The monoisotopic (exact) mass is 261 g/mol. The predicted octanol–water partition coefficient (Wildman–Crippen LogP) is 2.25. The van der Waals surface area contributed by atoms with Crippen molar-refractivity contribution in [2.45, 2.75) is 32.9 Å². The molecule has 0 aromatic carbocycles. The first kappa shape index (κ1) is 13.5. The number of rotatable bonds is 6. The van der Waals surface area contributed by atoms with Crippen LogP contribution in [0.3, 0.4) is 0 Å². The van der Waals surface area contributed by atoms with E-state index in [1.54, 1.807) is 6.20 Å². The highest BCUT2D eigenvalue weighted by Gasteiger charge is 2.14. The van der Waals surface area contributed by atoms with E-state index >= 15 is 0 Å². The minimum absolute atomic E-state index is 0.165. The molecule has 0 saturated heterocycles. The number of aliphatic carboxylic acids is 1. The normalized spacial score (nSPS) is 11.6. The van der Waals surface area contributed by atoms with E-state index in [0.29, 0.717) is 12.6 Å². The van der Waals surface area contributed by atoms with Gasteiger partial charge in [-0.2, -0.15) is 0 Å². The van der Waals surface area contributed by atoms with Gasteiger partial charge in [-0.05, 0) is 31.5 Å². The molecular weight excluding hydrogens is 242 g/mol. The Bertz CT molecular complexity index is 563. The number of carbonyl (C=O) groups is 1. The highest BCUT2D eigenvalue weighted by atomic mass is 16.4. The Morgan fingerprint density at radius 1 is 1.53 bits per heavy atom. The number of aromatic nitrogens is 2. The van der Waals surface area contributed by atoms with Crippen LogP contribution < -0.4 is 0 Å². The van der Waals surface area contributed by atoms with Crippen molar-refractivity contribution in [2.24, 2.45) is 0 Å². The molecule has 0 aliphatic heterocycles. The Balaban J connectivity index is 2.14. The molecule has 102 valence electrons. The molecule has 2 heterocycles. The van der Waals surface area contributed by atoms with E-state index in [4.69, 9.17) is 5.11 Å². The molecule has 0 radical (unpaired) electrons. The minimum atomic E-state index is -0.758. The van der Waals surface area contributed by atoms with Crippen LogP contribution in [0.25, 0.3) is 11.0 Å². The average Bonchev–Trinajstić information content (AvgIpc) is 2.77. The van der Waals surface area contributed by atoms with Crippen molar-refractivity contribution in [3.05, 3.63) is 30.1 Å². The zero-order valence-electron chi connectivity index (χ0n) is 11.3. The summed E-state index contributed by atoms with van der Waals surface area (Å²) in [4.78, 5) is 20.3. The molecule has 0 bridgehead atoms. The third-order valence-corrected chi connectivity index (χ3v) is 3.25. The Morgan fingerprint density at radius 2 is 2.32 bits per heavy atom. The van der Waals surface area contributed by atoms with Crippen LogP contribution in [0.1, 0.15) is 25.8 Å². The minimum Gasteiger partial charge on any atom is -0.481 e. The molecule has 2 aromatic rings. The summed E-state index contributed by atoms with van der Waals surface area (Å²) in [5.41, 5.74) is 2.03. The largest absolute Gasteiger partial charge is 0.481 e. The molecule has 0 amide bonds. The van der Waals surface area contributed by atoms with E-state index in [0.717, 1.165) is 23.1 Å². The fourth-order valence-electron chi connectivity index (χ4n) is 2.12. The first-order chi connectivity index (χ1) is 9.08. The number of nitrogens with zero attached hydrogens (tertiary/aromatic N) is 2. The van der Waals surface area contributed by atoms with Gasteiger partial charge in [-0.1, -0.05) is 0 Å². The van der Waals surface area contributed by atoms with Crippen LogP contribution in [-0.2, 0) is 11.3 Å². The van der Waals surface area contributed by atoms with Gasteiger partial charge in [0.15, 0.2) is 0 Å². The first-order valence-corrected chi connectivity index (χ1v) is 6.44. The zero-order valence-corrected chi connectivity index (χ0v) is 11.3. The molecule has 5 nitrogen and oxygen atoms in total. The second-order valence-corrected chi connectivity index (χ2v) is 4.92. The Labute approximate surface area is 112 Å². The van der Waals surface area contributed by atoms with Crippen LogP contribution in [0.2, 0.25) is 0 Å². The predicted molar refractivity (Wildman–Crippen MR) is 73.9 cm³/mol. The maximum Gasteiger partial charge on any atom is 0.304 e. The Kier molecular flexibility index (Phi) is 4.16. The lowest BCUT2D eigenvalue weighted by Crippen LogP contribution is -2.32. The van der Waals surface area contributed by atoms with Gasteiger partial charge < -0.3 is 10.1 Å². The lowest BCUT2D eigenvalue weighted by molar-refractivity contribution is -0.137. The van der Waals surface area contributed by atoms with E-state index < -0.39 is 5.97 Å². The molecule has 0 fully saturated rings. The molecule has 0 aliphatic carbocycles. The van der Waals surface area contributed by atoms with Crippen LogP contribution in [0.4, 0.5) is 0 Å². The zero-order chi connectivity index (χ0) is 13.8. The van der Waals surface area contributed by atoms with E-state index in [1.807, 2.05) is 18.3 Å². The van der Waals surface area contributed by atoms with E-state index in [1.165, 1.54) is 0 Å². The van der Waals surface area contributed by atoms with Crippen LogP contribution in [0.5, 0.6) is 0 Å². The summed E-state index contributed by atoms with van der Waals surface area (Å²) in [6.07, 6.45) is 3.87. The van der Waals surface area contributed by atoms with Crippen LogP contribution in [0.15, 0.2) is 24.5 Å². The summed E-state index contributed by atoms with van der Waals surface area (Å²) in [5, 5.41) is 9.90. The van der Waals surface area contributed by atoms with E-state index in [9.17, 15) is 4.79 Å². The molecule has 0 spiro atoms. The topological polar surface area (TPSA) is 69.2 Å².